The summed E-state index contributed by atoms with van der Waals surface area (Å²) in [5.41, 5.74) is 3.13. The van der Waals surface area contributed by atoms with Gasteiger partial charge in [-0.05, 0) is 56.3 Å². The predicted molar refractivity (Wildman–Crippen MR) is 102 cm³/mol. The second-order valence-corrected chi connectivity index (χ2v) is 8.41. The van der Waals surface area contributed by atoms with Crippen LogP contribution >= 0.6 is 0 Å². The van der Waals surface area contributed by atoms with Gasteiger partial charge in [0, 0.05) is 16.7 Å². The van der Waals surface area contributed by atoms with E-state index in [1.807, 2.05) is 32.0 Å². The summed E-state index contributed by atoms with van der Waals surface area (Å²) in [6, 6.07) is 12.1. The Bertz CT molecular complexity index is 942. The lowest BCUT2D eigenvalue weighted by molar-refractivity contribution is 0.0983. The summed E-state index contributed by atoms with van der Waals surface area (Å²) in [4.78, 5) is 14.8. The minimum atomic E-state index is -3.29. The normalized spacial score (nSPS) is 17.9. The lowest BCUT2D eigenvalue weighted by Crippen LogP contribution is -2.41. The van der Waals surface area contributed by atoms with Gasteiger partial charge in [-0.25, -0.2) is 8.42 Å². The minimum absolute atomic E-state index is 0.116. The highest BCUT2D eigenvalue weighted by Crippen LogP contribution is 2.27. The number of carbonyl (C=O) groups is 1. The van der Waals surface area contributed by atoms with Gasteiger partial charge in [0.15, 0.2) is 9.84 Å². The van der Waals surface area contributed by atoms with Crippen LogP contribution < -0.4 is 9.64 Å². The zero-order valence-corrected chi connectivity index (χ0v) is 15.8. The molecule has 1 heterocycles. The number of hydrogen-bond acceptors (Lipinski definition) is 4. The highest BCUT2D eigenvalue weighted by Gasteiger charge is 2.32. The minimum Gasteiger partial charge on any atom is -0.497 e. The molecule has 6 heteroatoms. The van der Waals surface area contributed by atoms with Gasteiger partial charge < -0.3 is 9.64 Å². The van der Waals surface area contributed by atoms with Crippen molar-refractivity contribution in [1.82, 2.24) is 0 Å². The molecule has 1 amide bonds. The Kier molecular flexibility index (Phi) is 4.87. The molecule has 0 spiro atoms. The van der Waals surface area contributed by atoms with Crippen LogP contribution in [-0.4, -0.2) is 33.2 Å². The molecular formula is C20H21NO4S. The molecule has 0 saturated carbocycles. The topological polar surface area (TPSA) is 63.7 Å². The van der Waals surface area contributed by atoms with E-state index in [1.54, 1.807) is 37.5 Å². The smallest absolute Gasteiger partial charge is 0.258 e. The van der Waals surface area contributed by atoms with Crippen molar-refractivity contribution in [3.63, 3.8) is 0 Å². The SMILES string of the molecule is COc1ccc(N(C(=O)c2cc(C)cc(C)c2)C2C=CS(=O)(=O)C2)cc1. The summed E-state index contributed by atoms with van der Waals surface area (Å²) < 4.78 is 29.0. The maximum Gasteiger partial charge on any atom is 0.258 e. The summed E-state index contributed by atoms with van der Waals surface area (Å²) in [5, 5.41) is 1.18. The van der Waals surface area contributed by atoms with E-state index in [0.717, 1.165) is 11.1 Å². The Hall–Kier alpha value is -2.60. The number of sulfone groups is 1. The van der Waals surface area contributed by atoms with E-state index in [2.05, 4.69) is 0 Å². The number of ether oxygens (including phenoxy) is 1. The van der Waals surface area contributed by atoms with Gasteiger partial charge in [0.1, 0.15) is 5.75 Å². The maximum absolute atomic E-state index is 13.3. The van der Waals surface area contributed by atoms with Crippen molar-refractivity contribution in [2.24, 2.45) is 0 Å². The number of nitrogens with zero attached hydrogens (tertiary/aromatic N) is 1. The van der Waals surface area contributed by atoms with E-state index >= 15 is 0 Å². The third-order valence-electron chi connectivity index (χ3n) is 4.28. The number of aryl methyl sites for hydroxylation is 2. The monoisotopic (exact) mass is 371 g/mol. The molecule has 1 aliphatic heterocycles. The first-order valence-corrected chi connectivity index (χ1v) is 9.97. The van der Waals surface area contributed by atoms with Gasteiger partial charge in [-0.2, -0.15) is 0 Å². The number of carbonyl (C=O) groups excluding carboxylic acids is 1. The number of anilines is 1. The van der Waals surface area contributed by atoms with Crippen molar-refractivity contribution in [3.05, 3.63) is 70.6 Å². The molecule has 0 aromatic heterocycles. The summed E-state index contributed by atoms with van der Waals surface area (Å²) in [6.07, 6.45) is 1.57. The molecule has 1 atom stereocenters. The van der Waals surface area contributed by atoms with Crippen LogP contribution in [0.5, 0.6) is 5.75 Å². The van der Waals surface area contributed by atoms with Gasteiger partial charge in [-0.15, -0.1) is 0 Å². The van der Waals surface area contributed by atoms with Crippen molar-refractivity contribution in [2.75, 3.05) is 17.8 Å². The van der Waals surface area contributed by atoms with Crippen LogP contribution in [0.25, 0.3) is 0 Å². The van der Waals surface area contributed by atoms with E-state index in [-0.39, 0.29) is 11.7 Å². The molecule has 2 aromatic carbocycles. The van der Waals surface area contributed by atoms with Crippen molar-refractivity contribution < 1.29 is 17.9 Å². The fraction of sp³-hybridized carbons (Fsp3) is 0.250. The Morgan fingerprint density at radius 2 is 1.69 bits per heavy atom. The quantitative estimate of drug-likeness (QED) is 0.827. The van der Waals surface area contributed by atoms with Crippen LogP contribution in [-0.2, 0) is 9.84 Å². The van der Waals surface area contributed by atoms with Crippen molar-refractivity contribution in [1.29, 1.82) is 0 Å². The average Bonchev–Trinajstić information content (AvgIpc) is 2.94. The highest BCUT2D eigenvalue weighted by atomic mass is 32.2. The van der Waals surface area contributed by atoms with Crippen LogP contribution in [0.4, 0.5) is 5.69 Å². The Balaban J connectivity index is 2.04. The van der Waals surface area contributed by atoms with Crippen molar-refractivity contribution in [3.8, 4) is 5.75 Å². The molecule has 0 fully saturated rings. The zero-order valence-electron chi connectivity index (χ0n) is 15.0. The number of rotatable bonds is 4. The molecule has 2 aromatic rings. The molecule has 0 N–H and O–H groups in total. The highest BCUT2D eigenvalue weighted by molar-refractivity contribution is 7.94. The second kappa shape index (κ2) is 6.96. The second-order valence-electron chi connectivity index (χ2n) is 6.47. The Labute approximate surface area is 153 Å². The molecule has 0 bridgehead atoms. The predicted octanol–water partition coefficient (Wildman–Crippen LogP) is 3.27. The molecule has 26 heavy (non-hydrogen) atoms. The average molecular weight is 371 g/mol. The first-order chi connectivity index (χ1) is 12.3. The third-order valence-corrected chi connectivity index (χ3v) is 5.66. The lowest BCUT2D eigenvalue weighted by atomic mass is 10.0. The summed E-state index contributed by atoms with van der Waals surface area (Å²) in [6.45, 7) is 3.86. The first kappa shape index (κ1) is 18.2. The third kappa shape index (κ3) is 3.80. The molecule has 0 aliphatic carbocycles. The Morgan fingerprint density at radius 3 is 2.19 bits per heavy atom. The van der Waals surface area contributed by atoms with Crippen LogP contribution in [0, 0.1) is 13.8 Å². The Morgan fingerprint density at radius 1 is 1.08 bits per heavy atom. The van der Waals surface area contributed by atoms with Crippen LogP contribution in [0.2, 0.25) is 0 Å². The zero-order chi connectivity index (χ0) is 18.9. The van der Waals surface area contributed by atoms with E-state index in [9.17, 15) is 13.2 Å². The van der Waals surface area contributed by atoms with E-state index in [0.29, 0.717) is 17.0 Å². The molecule has 5 nitrogen and oxygen atoms in total. The van der Waals surface area contributed by atoms with Crippen molar-refractivity contribution in [2.45, 2.75) is 19.9 Å². The van der Waals surface area contributed by atoms with E-state index in [1.165, 1.54) is 10.3 Å². The van der Waals surface area contributed by atoms with Gasteiger partial charge in [-0.3, -0.25) is 4.79 Å². The molecule has 1 aliphatic rings. The standard InChI is InChI=1S/C20H21NO4S/c1-14-10-15(2)12-16(11-14)20(22)21(18-8-9-26(23,24)13-18)17-4-6-19(25-3)7-5-17/h4-12,18H,13H2,1-3H3. The molecule has 0 radical (unpaired) electrons. The van der Waals surface area contributed by atoms with Crippen LogP contribution in [0.1, 0.15) is 21.5 Å². The fourth-order valence-electron chi connectivity index (χ4n) is 3.16. The van der Waals surface area contributed by atoms with Crippen molar-refractivity contribution >= 4 is 21.4 Å². The first-order valence-electron chi connectivity index (χ1n) is 8.26. The number of amides is 1. The lowest BCUT2D eigenvalue weighted by Gasteiger charge is -2.28. The van der Waals surface area contributed by atoms with Crippen LogP contribution in [0.3, 0.4) is 0 Å². The van der Waals surface area contributed by atoms with Crippen LogP contribution in [0.15, 0.2) is 53.9 Å². The van der Waals surface area contributed by atoms with E-state index in [4.69, 9.17) is 4.74 Å². The largest absolute Gasteiger partial charge is 0.497 e. The number of methoxy groups -OCH3 is 1. The molecular weight excluding hydrogens is 350 g/mol. The van der Waals surface area contributed by atoms with Gasteiger partial charge >= 0.3 is 0 Å². The summed E-state index contributed by atoms with van der Waals surface area (Å²) in [7, 11) is -1.72. The van der Waals surface area contributed by atoms with Gasteiger partial charge in [0.25, 0.3) is 5.91 Å². The summed E-state index contributed by atoms with van der Waals surface area (Å²) >= 11 is 0. The number of benzene rings is 2. The molecule has 1 unspecified atom stereocenters. The van der Waals surface area contributed by atoms with Gasteiger partial charge in [0.2, 0.25) is 0 Å². The fourth-order valence-corrected chi connectivity index (χ4v) is 4.43. The van der Waals surface area contributed by atoms with Gasteiger partial charge in [0.05, 0.1) is 18.9 Å². The summed E-state index contributed by atoms with van der Waals surface area (Å²) in [5.74, 6) is 0.325. The number of hydrogen-bond donors (Lipinski definition) is 0. The molecule has 0 saturated heterocycles. The molecule has 136 valence electrons. The van der Waals surface area contributed by atoms with E-state index < -0.39 is 15.9 Å². The molecule has 3 rings (SSSR count). The maximum atomic E-state index is 13.3. The van der Waals surface area contributed by atoms with Gasteiger partial charge in [-0.1, -0.05) is 17.2 Å².